The molecule has 20 heavy (non-hydrogen) atoms. The molecule has 3 atom stereocenters. The Hall–Kier alpha value is -1.07. The third-order valence-corrected chi connectivity index (χ3v) is 5.75. The summed E-state index contributed by atoms with van der Waals surface area (Å²) in [6.07, 6.45) is 4.02. The van der Waals surface area contributed by atoms with E-state index in [9.17, 15) is 8.42 Å². The smallest absolute Gasteiger partial charge is 0.151 e. The van der Waals surface area contributed by atoms with Gasteiger partial charge in [0.05, 0.1) is 12.4 Å². The zero-order valence-electron chi connectivity index (χ0n) is 12.3. The van der Waals surface area contributed by atoms with Gasteiger partial charge in [0.1, 0.15) is 5.75 Å². The molecule has 1 aromatic carbocycles. The lowest BCUT2D eigenvalue weighted by molar-refractivity contribution is 0.414. The van der Waals surface area contributed by atoms with Crippen LogP contribution in [0.4, 0.5) is 0 Å². The molecular weight excluding hydrogens is 274 g/mol. The molecule has 0 spiro atoms. The van der Waals surface area contributed by atoms with Crippen LogP contribution in [0, 0.1) is 0 Å². The molecule has 0 amide bonds. The third-order valence-electron chi connectivity index (χ3n) is 4.08. The molecule has 0 bridgehead atoms. The van der Waals surface area contributed by atoms with Gasteiger partial charge in [-0.3, -0.25) is 0 Å². The molecule has 1 N–H and O–H groups in total. The fourth-order valence-corrected chi connectivity index (χ4v) is 4.35. The lowest BCUT2D eigenvalue weighted by atomic mass is 10.1. The molecule has 1 aromatic rings. The van der Waals surface area contributed by atoms with Gasteiger partial charge in [-0.05, 0) is 37.5 Å². The normalized spacial score (nSPS) is 24.6. The van der Waals surface area contributed by atoms with Crippen molar-refractivity contribution < 1.29 is 13.2 Å². The fourth-order valence-electron chi connectivity index (χ4n) is 2.94. The van der Waals surface area contributed by atoms with Crippen LogP contribution in [0.3, 0.4) is 0 Å². The van der Waals surface area contributed by atoms with Crippen molar-refractivity contribution in [2.75, 3.05) is 13.4 Å². The van der Waals surface area contributed by atoms with Gasteiger partial charge in [-0.2, -0.15) is 0 Å². The van der Waals surface area contributed by atoms with E-state index >= 15 is 0 Å². The summed E-state index contributed by atoms with van der Waals surface area (Å²) in [6.45, 7) is 2.07. The second-order valence-electron chi connectivity index (χ2n) is 5.57. The van der Waals surface area contributed by atoms with Crippen LogP contribution in [-0.4, -0.2) is 33.1 Å². The van der Waals surface area contributed by atoms with E-state index in [0.717, 1.165) is 30.6 Å². The average molecular weight is 297 g/mol. The molecule has 0 radical (unpaired) electrons. The Balaban J connectivity index is 2.05. The monoisotopic (exact) mass is 297 g/mol. The number of hydrogen-bond donors (Lipinski definition) is 1. The summed E-state index contributed by atoms with van der Waals surface area (Å²) in [5.41, 5.74) is 1.14. The summed E-state index contributed by atoms with van der Waals surface area (Å²) >= 11 is 0. The topological polar surface area (TPSA) is 55.4 Å². The Kier molecular flexibility index (Phi) is 4.70. The zero-order chi connectivity index (χ0) is 14.8. The summed E-state index contributed by atoms with van der Waals surface area (Å²) in [5.74, 6) is 0.829. The highest BCUT2D eigenvalue weighted by atomic mass is 32.2. The van der Waals surface area contributed by atoms with Gasteiger partial charge in [0.2, 0.25) is 0 Å². The van der Waals surface area contributed by atoms with Crippen LogP contribution in [0.1, 0.15) is 37.8 Å². The molecule has 0 aliphatic heterocycles. The Morgan fingerprint density at radius 2 is 1.90 bits per heavy atom. The minimum atomic E-state index is -2.97. The lowest BCUT2D eigenvalue weighted by Crippen LogP contribution is -2.41. The van der Waals surface area contributed by atoms with Crippen molar-refractivity contribution in [2.24, 2.45) is 0 Å². The lowest BCUT2D eigenvalue weighted by Gasteiger charge is -2.24. The molecule has 1 aliphatic carbocycles. The standard InChI is InChI=1S/C15H23NO3S/c1-11(12-7-9-13(19-2)10-8-12)16-14-5-4-6-15(14)20(3,17)18/h7-11,14-16H,4-6H2,1-3H3. The van der Waals surface area contributed by atoms with Gasteiger partial charge in [0, 0.05) is 18.3 Å². The predicted octanol–water partition coefficient (Wildman–Crippen LogP) is 2.31. The summed E-state index contributed by atoms with van der Waals surface area (Å²) in [4.78, 5) is 0. The van der Waals surface area contributed by atoms with Crippen LogP contribution in [-0.2, 0) is 9.84 Å². The van der Waals surface area contributed by atoms with Crippen molar-refractivity contribution in [3.05, 3.63) is 29.8 Å². The first-order valence-corrected chi connectivity index (χ1v) is 8.96. The maximum Gasteiger partial charge on any atom is 0.151 e. The van der Waals surface area contributed by atoms with Crippen LogP contribution in [0.2, 0.25) is 0 Å². The molecule has 112 valence electrons. The molecule has 3 unspecified atom stereocenters. The second-order valence-corrected chi connectivity index (χ2v) is 7.83. The quantitative estimate of drug-likeness (QED) is 0.906. The fraction of sp³-hybridized carbons (Fsp3) is 0.600. The summed E-state index contributed by atoms with van der Waals surface area (Å²) in [7, 11) is -1.33. The molecule has 0 aromatic heterocycles. The SMILES string of the molecule is COc1ccc(C(C)NC2CCCC2S(C)(=O)=O)cc1. The van der Waals surface area contributed by atoms with Crippen molar-refractivity contribution in [3.63, 3.8) is 0 Å². The summed E-state index contributed by atoms with van der Waals surface area (Å²) in [5, 5.41) is 3.22. The van der Waals surface area contributed by atoms with Gasteiger partial charge in [-0.1, -0.05) is 18.6 Å². The summed E-state index contributed by atoms with van der Waals surface area (Å²) in [6, 6.07) is 8.07. The van der Waals surface area contributed by atoms with E-state index in [0.29, 0.717) is 0 Å². The van der Waals surface area contributed by atoms with Crippen molar-refractivity contribution in [2.45, 2.75) is 43.5 Å². The molecular formula is C15H23NO3S. The molecule has 0 heterocycles. The first-order chi connectivity index (χ1) is 9.41. The van der Waals surface area contributed by atoms with Crippen molar-refractivity contribution in [1.29, 1.82) is 0 Å². The van der Waals surface area contributed by atoms with Crippen molar-refractivity contribution in [3.8, 4) is 5.75 Å². The van der Waals surface area contributed by atoms with E-state index in [-0.39, 0.29) is 17.3 Å². The van der Waals surface area contributed by atoms with Gasteiger partial charge in [-0.25, -0.2) is 8.42 Å². The predicted molar refractivity (Wildman–Crippen MR) is 80.8 cm³/mol. The van der Waals surface area contributed by atoms with Gasteiger partial charge < -0.3 is 10.1 Å². The highest BCUT2D eigenvalue weighted by molar-refractivity contribution is 7.91. The Morgan fingerprint density at radius 1 is 1.25 bits per heavy atom. The number of rotatable bonds is 5. The molecule has 5 heteroatoms. The Bertz CT molecular complexity index is 539. The third kappa shape index (κ3) is 3.52. The van der Waals surface area contributed by atoms with E-state index in [1.165, 1.54) is 6.26 Å². The maximum atomic E-state index is 11.8. The van der Waals surface area contributed by atoms with Crippen LogP contribution >= 0.6 is 0 Å². The molecule has 1 aliphatic rings. The number of sulfone groups is 1. The van der Waals surface area contributed by atoms with Crippen molar-refractivity contribution in [1.82, 2.24) is 5.32 Å². The van der Waals surface area contributed by atoms with Crippen LogP contribution in [0.5, 0.6) is 5.75 Å². The highest BCUT2D eigenvalue weighted by Crippen LogP contribution is 2.27. The van der Waals surface area contributed by atoms with Crippen LogP contribution in [0.25, 0.3) is 0 Å². The Labute approximate surface area is 121 Å². The summed E-state index contributed by atoms with van der Waals surface area (Å²) < 4.78 is 28.7. The highest BCUT2D eigenvalue weighted by Gasteiger charge is 2.35. The maximum absolute atomic E-state index is 11.8. The van der Waals surface area contributed by atoms with Gasteiger partial charge in [-0.15, -0.1) is 0 Å². The first kappa shape index (κ1) is 15.3. The van der Waals surface area contributed by atoms with Crippen LogP contribution < -0.4 is 10.1 Å². The van der Waals surface area contributed by atoms with E-state index in [2.05, 4.69) is 12.2 Å². The molecule has 1 saturated carbocycles. The largest absolute Gasteiger partial charge is 0.497 e. The van der Waals surface area contributed by atoms with Gasteiger partial charge in [0.15, 0.2) is 9.84 Å². The average Bonchev–Trinajstić information content (AvgIpc) is 2.87. The number of methoxy groups -OCH3 is 1. The van der Waals surface area contributed by atoms with Crippen LogP contribution in [0.15, 0.2) is 24.3 Å². The Morgan fingerprint density at radius 3 is 2.45 bits per heavy atom. The van der Waals surface area contributed by atoms with E-state index in [1.54, 1.807) is 7.11 Å². The molecule has 2 rings (SSSR count). The second kappa shape index (κ2) is 6.14. The van der Waals surface area contributed by atoms with Gasteiger partial charge >= 0.3 is 0 Å². The minimum Gasteiger partial charge on any atom is -0.497 e. The molecule has 4 nitrogen and oxygen atoms in total. The molecule has 0 saturated heterocycles. The number of benzene rings is 1. The number of ether oxygens (including phenoxy) is 1. The number of nitrogens with one attached hydrogen (secondary N) is 1. The van der Waals surface area contributed by atoms with E-state index < -0.39 is 9.84 Å². The van der Waals surface area contributed by atoms with E-state index in [1.807, 2.05) is 24.3 Å². The van der Waals surface area contributed by atoms with Crippen molar-refractivity contribution >= 4 is 9.84 Å². The van der Waals surface area contributed by atoms with Gasteiger partial charge in [0.25, 0.3) is 0 Å². The number of hydrogen-bond acceptors (Lipinski definition) is 4. The molecule has 1 fully saturated rings. The minimum absolute atomic E-state index is 0.0575. The van der Waals surface area contributed by atoms with E-state index in [4.69, 9.17) is 4.74 Å². The first-order valence-electron chi connectivity index (χ1n) is 7.00. The zero-order valence-corrected chi connectivity index (χ0v) is 13.1.